The molecule has 6 aliphatic rings. The molecule has 15 unspecified atom stereocenters. The molecule has 0 aromatic carbocycles. The maximum absolute atomic E-state index is 14.8. The summed E-state index contributed by atoms with van der Waals surface area (Å²) in [6.07, 6.45) is -5.17. The number of furan rings is 1. The summed E-state index contributed by atoms with van der Waals surface area (Å²) in [6.45, 7) is 4.76. The van der Waals surface area contributed by atoms with Gasteiger partial charge in [-0.1, -0.05) is 6.92 Å². The van der Waals surface area contributed by atoms with Gasteiger partial charge in [-0.2, -0.15) is 0 Å². The highest BCUT2D eigenvalue weighted by Gasteiger charge is 2.86. The number of ketones is 1. The van der Waals surface area contributed by atoms with Gasteiger partial charge in [0.05, 0.1) is 36.8 Å². The average Bonchev–Trinajstić information content (AvgIpc) is 3.25. The molecule has 2 aliphatic heterocycles. The van der Waals surface area contributed by atoms with Gasteiger partial charge in [0.15, 0.2) is 30.4 Å². The molecule has 2 bridgehead atoms. The van der Waals surface area contributed by atoms with Gasteiger partial charge in [-0.15, -0.1) is 0 Å². The maximum Gasteiger partial charge on any atom is 0.303 e. The number of Topliss-reactive ketones (excluding diaryl/α,β-unsaturated/α-hetero) is 1. The van der Waals surface area contributed by atoms with Gasteiger partial charge in [0, 0.05) is 43.9 Å². The highest BCUT2D eigenvalue weighted by molar-refractivity contribution is 5.91. The van der Waals surface area contributed by atoms with Crippen molar-refractivity contribution in [2.24, 2.45) is 34.5 Å². The molecule has 0 radical (unpaired) electrons. The Bertz CT molecular complexity index is 1360. The molecule has 43 heavy (non-hydrogen) atoms. The first kappa shape index (κ1) is 28.9. The number of carbonyl (C=O) groups excluding carboxylic acids is 4. The van der Waals surface area contributed by atoms with Crippen molar-refractivity contribution in [1.82, 2.24) is 0 Å². The van der Waals surface area contributed by atoms with E-state index in [9.17, 15) is 34.5 Å². The number of fused-ring (bicyclic) bond motifs is 1. The van der Waals surface area contributed by atoms with Crippen LogP contribution in [0.3, 0.4) is 0 Å². The Kier molecular flexibility index (Phi) is 6.27. The van der Waals surface area contributed by atoms with Crippen molar-refractivity contribution in [2.75, 3.05) is 6.61 Å². The van der Waals surface area contributed by atoms with Crippen molar-refractivity contribution in [1.29, 1.82) is 0 Å². The Hall–Kier alpha value is -2.84. The van der Waals surface area contributed by atoms with Gasteiger partial charge in [0.1, 0.15) is 11.7 Å². The van der Waals surface area contributed by atoms with E-state index in [1.807, 2.05) is 0 Å². The largest absolute Gasteiger partial charge is 0.472 e. The minimum absolute atomic E-state index is 0.00609. The Morgan fingerprint density at radius 1 is 0.977 bits per heavy atom. The van der Waals surface area contributed by atoms with Gasteiger partial charge in [-0.25, -0.2) is 0 Å². The summed E-state index contributed by atoms with van der Waals surface area (Å²) >= 11 is 0. The van der Waals surface area contributed by atoms with Crippen molar-refractivity contribution in [3.8, 4) is 0 Å². The maximum atomic E-state index is 14.8. The van der Waals surface area contributed by atoms with E-state index in [4.69, 9.17) is 28.1 Å². The lowest BCUT2D eigenvalue weighted by Gasteiger charge is -2.70. The van der Waals surface area contributed by atoms with E-state index in [0.29, 0.717) is 6.42 Å². The lowest BCUT2D eigenvalue weighted by Crippen LogP contribution is -2.81. The van der Waals surface area contributed by atoms with E-state index in [2.05, 4.69) is 0 Å². The number of aliphatic hydroxyl groups is 3. The van der Waals surface area contributed by atoms with E-state index in [1.165, 1.54) is 13.2 Å². The molecular formula is C30H36O13. The average molecular weight is 605 g/mol. The van der Waals surface area contributed by atoms with E-state index < -0.39 is 101 Å². The molecule has 2 saturated heterocycles. The van der Waals surface area contributed by atoms with E-state index in [-0.39, 0.29) is 25.0 Å². The van der Waals surface area contributed by atoms with Crippen LogP contribution in [0.25, 0.3) is 0 Å². The summed E-state index contributed by atoms with van der Waals surface area (Å²) < 4.78 is 34.6. The highest BCUT2D eigenvalue weighted by Crippen LogP contribution is 2.75. The molecule has 1 aromatic heterocycles. The fourth-order valence-electron chi connectivity index (χ4n) is 10.2. The second-order valence-electron chi connectivity index (χ2n) is 13.4. The molecule has 1 spiro atoms. The molecule has 7 rings (SSSR count). The van der Waals surface area contributed by atoms with Crippen LogP contribution in [-0.2, 0) is 42.9 Å². The third kappa shape index (κ3) is 3.56. The van der Waals surface area contributed by atoms with Crippen LogP contribution in [0.2, 0.25) is 0 Å². The molecule has 13 heteroatoms. The number of ether oxygens (including phenoxy) is 5. The lowest BCUT2D eigenvalue weighted by atomic mass is 9.38. The van der Waals surface area contributed by atoms with Crippen molar-refractivity contribution < 1.29 is 62.6 Å². The normalized spacial score (nSPS) is 50.8. The quantitative estimate of drug-likeness (QED) is 0.241. The summed E-state index contributed by atoms with van der Waals surface area (Å²) in [5.74, 6) is -6.46. The number of esters is 3. The van der Waals surface area contributed by atoms with Crippen LogP contribution >= 0.6 is 0 Å². The number of aliphatic hydroxyl groups excluding tert-OH is 3. The second-order valence-corrected chi connectivity index (χ2v) is 13.4. The molecule has 0 amide bonds. The van der Waals surface area contributed by atoms with Crippen LogP contribution in [0.15, 0.2) is 23.0 Å². The Morgan fingerprint density at radius 2 is 1.67 bits per heavy atom. The van der Waals surface area contributed by atoms with E-state index >= 15 is 0 Å². The molecule has 234 valence electrons. The highest BCUT2D eigenvalue weighted by atomic mass is 16.6. The number of rotatable bonds is 4. The molecule has 13 nitrogen and oxygen atoms in total. The summed E-state index contributed by atoms with van der Waals surface area (Å²) in [6, 6.07) is 1.79. The van der Waals surface area contributed by atoms with Crippen molar-refractivity contribution >= 4 is 23.7 Å². The fourth-order valence-corrected chi connectivity index (χ4v) is 10.2. The van der Waals surface area contributed by atoms with Gasteiger partial charge in [-0.3, -0.25) is 19.2 Å². The topological polar surface area (TPSA) is 192 Å². The molecular weight excluding hydrogens is 568 g/mol. The molecule has 1 aromatic rings. The number of epoxide rings is 1. The van der Waals surface area contributed by atoms with Crippen LogP contribution in [0.1, 0.15) is 52.0 Å². The van der Waals surface area contributed by atoms with Gasteiger partial charge < -0.3 is 43.4 Å². The summed E-state index contributed by atoms with van der Waals surface area (Å²) in [4.78, 5) is 51.9. The van der Waals surface area contributed by atoms with Crippen LogP contribution < -0.4 is 0 Å². The predicted molar refractivity (Wildman–Crippen MR) is 138 cm³/mol. The standard InChI is InChI=1S/C30H36O13/c1-11(31)40-23-19-15(14-5-6-38-9-14)7-18-30(19,43-18)20-16(34)8-17-28(4)26(42-13(3)33)24(41-12(2)32)25(36)29(17,10-39-27(28)37)21(20)22(23)35/h5-6,9,15-21,23-27,34,36-37H,7-8,10H2,1-4H3. The third-order valence-corrected chi connectivity index (χ3v) is 11.5. The van der Waals surface area contributed by atoms with Crippen LogP contribution in [-0.4, -0.2) is 94.1 Å². The zero-order valence-corrected chi connectivity index (χ0v) is 24.2. The SMILES string of the molecule is CC(=O)OC1C(=O)C2C(C(O)CC3C4(C)C(O)OCC23C(O)C(OC(C)=O)C4OC(C)=O)C23OC2CC(c2ccoc2)C13. The van der Waals surface area contributed by atoms with Gasteiger partial charge in [0.2, 0.25) is 0 Å². The zero-order valence-electron chi connectivity index (χ0n) is 24.2. The number of hydrogen-bond donors (Lipinski definition) is 3. The second kappa shape index (κ2) is 9.33. The van der Waals surface area contributed by atoms with Gasteiger partial charge >= 0.3 is 17.9 Å². The summed E-state index contributed by atoms with van der Waals surface area (Å²) in [5, 5.41) is 35.5. The zero-order chi connectivity index (χ0) is 30.8. The molecule has 3 N–H and O–H groups in total. The Balaban J connectivity index is 1.41. The van der Waals surface area contributed by atoms with Crippen molar-refractivity contribution in [3.63, 3.8) is 0 Å². The van der Waals surface area contributed by atoms with Gasteiger partial charge in [0.25, 0.3) is 0 Å². The minimum atomic E-state index is -1.62. The van der Waals surface area contributed by atoms with E-state index in [1.54, 1.807) is 19.3 Å². The molecule has 4 saturated carbocycles. The monoisotopic (exact) mass is 604 g/mol. The van der Waals surface area contributed by atoms with Gasteiger partial charge in [-0.05, 0) is 36.3 Å². The van der Waals surface area contributed by atoms with Crippen LogP contribution in [0.5, 0.6) is 0 Å². The predicted octanol–water partition coefficient (Wildman–Crippen LogP) is 0.228. The van der Waals surface area contributed by atoms with Crippen LogP contribution in [0, 0.1) is 34.5 Å². The lowest BCUT2D eigenvalue weighted by molar-refractivity contribution is -0.380. The van der Waals surface area contributed by atoms with Crippen LogP contribution in [0.4, 0.5) is 0 Å². The Labute approximate surface area is 246 Å². The number of carbonyl (C=O) groups is 4. The number of hydrogen-bond acceptors (Lipinski definition) is 13. The Morgan fingerprint density at radius 3 is 2.30 bits per heavy atom. The van der Waals surface area contributed by atoms with Crippen molar-refractivity contribution in [3.05, 3.63) is 24.2 Å². The molecule has 6 fully saturated rings. The molecule has 3 heterocycles. The first-order valence-electron chi connectivity index (χ1n) is 14.7. The van der Waals surface area contributed by atoms with E-state index in [0.717, 1.165) is 19.4 Å². The smallest absolute Gasteiger partial charge is 0.303 e. The minimum Gasteiger partial charge on any atom is -0.472 e. The molecule has 4 aliphatic carbocycles. The summed E-state index contributed by atoms with van der Waals surface area (Å²) in [5.41, 5.74) is -3.29. The third-order valence-electron chi connectivity index (χ3n) is 11.5. The van der Waals surface area contributed by atoms with Crippen molar-refractivity contribution in [2.45, 2.75) is 95.0 Å². The molecule has 15 atom stereocenters. The first-order valence-corrected chi connectivity index (χ1v) is 14.7. The summed E-state index contributed by atoms with van der Waals surface area (Å²) in [7, 11) is 0. The first-order chi connectivity index (χ1) is 20.3. The fraction of sp³-hybridized carbons (Fsp3) is 0.733.